The molecule has 0 aliphatic heterocycles. The van der Waals surface area contributed by atoms with Crippen molar-refractivity contribution in [2.45, 2.75) is 44.4 Å². The summed E-state index contributed by atoms with van der Waals surface area (Å²) in [6, 6.07) is 0. The van der Waals surface area contributed by atoms with E-state index in [-0.39, 0.29) is 19.3 Å². The summed E-state index contributed by atoms with van der Waals surface area (Å²) in [7, 11) is 0. The first-order valence-electron chi connectivity index (χ1n) is 6.38. The molecule has 108 valence electrons. The smallest absolute Gasteiger partial charge is 0.396 e. The molecule has 0 spiro atoms. The zero-order valence-corrected chi connectivity index (χ0v) is 10.4. The van der Waals surface area contributed by atoms with Crippen LogP contribution in [0.3, 0.4) is 0 Å². The molecule has 0 bridgehead atoms. The first-order chi connectivity index (χ1) is 8.51. The number of aliphatic hydroxyl groups is 1. The topological polar surface area (TPSA) is 38.7 Å². The highest BCUT2D eigenvalue weighted by Gasteiger charge is 2.27. The molecule has 0 aromatic heterocycles. The number of hydrogen-bond donors (Lipinski definition) is 1. The van der Waals surface area contributed by atoms with Gasteiger partial charge in [0, 0.05) is 19.8 Å². The summed E-state index contributed by atoms with van der Waals surface area (Å²) in [5.74, 6) is 0.389. The van der Waals surface area contributed by atoms with E-state index in [9.17, 15) is 13.2 Å². The molecule has 1 fully saturated rings. The molecule has 0 aromatic carbocycles. The van der Waals surface area contributed by atoms with Crippen molar-refractivity contribution < 1.29 is 27.8 Å². The Morgan fingerprint density at radius 2 is 1.72 bits per heavy atom. The molecule has 0 atom stereocenters. The molecule has 6 heteroatoms. The summed E-state index contributed by atoms with van der Waals surface area (Å²) >= 11 is 0. The highest BCUT2D eigenvalue weighted by molar-refractivity contribution is 4.72. The van der Waals surface area contributed by atoms with E-state index in [0.29, 0.717) is 18.9 Å². The molecular weight excluding hydrogens is 249 g/mol. The van der Waals surface area contributed by atoms with E-state index in [4.69, 9.17) is 9.84 Å². The highest BCUT2D eigenvalue weighted by atomic mass is 19.4. The monoisotopic (exact) mass is 270 g/mol. The van der Waals surface area contributed by atoms with Crippen LogP contribution < -0.4 is 0 Å². The van der Waals surface area contributed by atoms with E-state index in [1.165, 1.54) is 0 Å². The third-order valence-corrected chi connectivity index (χ3v) is 3.10. The summed E-state index contributed by atoms with van der Waals surface area (Å²) < 4.78 is 45.3. The largest absolute Gasteiger partial charge is 0.411 e. The van der Waals surface area contributed by atoms with E-state index in [1.54, 1.807) is 0 Å². The molecule has 18 heavy (non-hydrogen) atoms. The number of rotatable bonds is 7. The van der Waals surface area contributed by atoms with Crippen LogP contribution in [-0.4, -0.2) is 43.8 Å². The first kappa shape index (κ1) is 15.7. The molecule has 1 saturated carbocycles. The maximum Gasteiger partial charge on any atom is 0.411 e. The third kappa shape index (κ3) is 7.18. The molecule has 0 heterocycles. The van der Waals surface area contributed by atoms with Crippen molar-refractivity contribution in [2.75, 3.05) is 26.4 Å². The Bertz CT molecular complexity index is 213. The molecule has 1 N–H and O–H groups in total. The Kier molecular flexibility index (Phi) is 6.96. The van der Waals surface area contributed by atoms with Gasteiger partial charge in [-0.1, -0.05) is 0 Å². The SMILES string of the molecule is OCC1CCC(OCCCOCC(F)(F)F)CC1. The Morgan fingerprint density at radius 3 is 2.28 bits per heavy atom. The third-order valence-electron chi connectivity index (χ3n) is 3.10. The average Bonchev–Trinajstić information content (AvgIpc) is 2.33. The van der Waals surface area contributed by atoms with Crippen LogP contribution in [0.15, 0.2) is 0 Å². The molecular formula is C12H21F3O3. The van der Waals surface area contributed by atoms with Crippen LogP contribution in [0.4, 0.5) is 13.2 Å². The second-order valence-corrected chi connectivity index (χ2v) is 4.72. The van der Waals surface area contributed by atoms with Crippen molar-refractivity contribution in [3.63, 3.8) is 0 Å². The van der Waals surface area contributed by atoms with Crippen LogP contribution in [0.25, 0.3) is 0 Å². The van der Waals surface area contributed by atoms with Crippen LogP contribution in [0, 0.1) is 5.92 Å². The Balaban J connectivity index is 1.93. The highest BCUT2D eigenvalue weighted by Crippen LogP contribution is 2.25. The molecule has 0 saturated heterocycles. The van der Waals surface area contributed by atoms with Crippen molar-refractivity contribution in [3.8, 4) is 0 Å². The van der Waals surface area contributed by atoms with Crippen LogP contribution in [0.5, 0.6) is 0 Å². The van der Waals surface area contributed by atoms with Gasteiger partial charge >= 0.3 is 6.18 Å². The number of ether oxygens (including phenoxy) is 2. The lowest BCUT2D eigenvalue weighted by molar-refractivity contribution is -0.174. The van der Waals surface area contributed by atoms with Crippen molar-refractivity contribution >= 4 is 0 Å². The van der Waals surface area contributed by atoms with Crippen LogP contribution >= 0.6 is 0 Å². The number of hydrogen-bond acceptors (Lipinski definition) is 3. The van der Waals surface area contributed by atoms with Crippen LogP contribution in [0.1, 0.15) is 32.1 Å². The minimum atomic E-state index is -4.25. The van der Waals surface area contributed by atoms with Crippen LogP contribution in [0.2, 0.25) is 0 Å². The normalized spacial score (nSPS) is 25.3. The Labute approximate surface area is 105 Å². The lowest BCUT2D eigenvalue weighted by atomic mass is 9.88. The zero-order chi connectivity index (χ0) is 13.4. The van der Waals surface area contributed by atoms with E-state index >= 15 is 0 Å². The first-order valence-corrected chi connectivity index (χ1v) is 6.38. The van der Waals surface area contributed by atoms with Gasteiger partial charge in [-0.3, -0.25) is 0 Å². The molecule has 3 nitrogen and oxygen atoms in total. The predicted molar refractivity (Wildman–Crippen MR) is 60.3 cm³/mol. The maximum absolute atomic E-state index is 11.7. The van der Waals surface area contributed by atoms with Crippen molar-refractivity contribution in [3.05, 3.63) is 0 Å². The second-order valence-electron chi connectivity index (χ2n) is 4.72. The zero-order valence-electron chi connectivity index (χ0n) is 10.4. The van der Waals surface area contributed by atoms with Crippen molar-refractivity contribution in [2.24, 2.45) is 5.92 Å². The van der Waals surface area contributed by atoms with Gasteiger partial charge in [0.25, 0.3) is 0 Å². The van der Waals surface area contributed by atoms with Gasteiger partial charge in [0.2, 0.25) is 0 Å². The van der Waals surface area contributed by atoms with Crippen molar-refractivity contribution in [1.82, 2.24) is 0 Å². The van der Waals surface area contributed by atoms with E-state index in [2.05, 4.69) is 4.74 Å². The summed E-state index contributed by atoms with van der Waals surface area (Å²) in [6.07, 6.45) is 0.204. The summed E-state index contributed by atoms with van der Waals surface area (Å²) in [5, 5.41) is 8.97. The van der Waals surface area contributed by atoms with Gasteiger partial charge in [-0.15, -0.1) is 0 Å². The summed E-state index contributed by atoms with van der Waals surface area (Å²) in [5.41, 5.74) is 0. The number of alkyl halides is 3. The van der Waals surface area contributed by atoms with Gasteiger partial charge in [-0.05, 0) is 38.0 Å². The number of halogens is 3. The molecule has 1 rings (SSSR count). The van der Waals surface area contributed by atoms with Gasteiger partial charge in [-0.2, -0.15) is 13.2 Å². The van der Waals surface area contributed by atoms with Gasteiger partial charge in [0.05, 0.1) is 6.10 Å². The molecule has 0 radical (unpaired) electrons. The van der Waals surface area contributed by atoms with Gasteiger partial charge in [-0.25, -0.2) is 0 Å². The van der Waals surface area contributed by atoms with E-state index in [0.717, 1.165) is 25.7 Å². The summed E-state index contributed by atoms with van der Waals surface area (Å²) in [6.45, 7) is -0.440. The molecule has 0 unspecified atom stereocenters. The minimum Gasteiger partial charge on any atom is -0.396 e. The maximum atomic E-state index is 11.7. The molecule has 1 aliphatic rings. The fraction of sp³-hybridized carbons (Fsp3) is 1.00. The molecule has 0 aromatic rings. The lowest BCUT2D eigenvalue weighted by Gasteiger charge is -2.27. The lowest BCUT2D eigenvalue weighted by Crippen LogP contribution is -2.24. The Morgan fingerprint density at radius 1 is 1.06 bits per heavy atom. The Hall–Kier alpha value is -0.330. The van der Waals surface area contributed by atoms with Crippen molar-refractivity contribution in [1.29, 1.82) is 0 Å². The molecule has 1 aliphatic carbocycles. The van der Waals surface area contributed by atoms with Gasteiger partial charge in [0.15, 0.2) is 0 Å². The standard InChI is InChI=1S/C12H21F3O3/c13-12(14,15)9-17-6-1-7-18-11-4-2-10(8-16)3-5-11/h10-11,16H,1-9H2. The fourth-order valence-corrected chi connectivity index (χ4v) is 2.08. The number of aliphatic hydroxyl groups excluding tert-OH is 1. The quantitative estimate of drug-likeness (QED) is 0.722. The fourth-order valence-electron chi connectivity index (χ4n) is 2.08. The van der Waals surface area contributed by atoms with Gasteiger partial charge in [0.1, 0.15) is 6.61 Å². The predicted octanol–water partition coefficient (Wildman–Crippen LogP) is 2.52. The second kappa shape index (κ2) is 7.96. The summed E-state index contributed by atoms with van der Waals surface area (Å²) in [4.78, 5) is 0. The average molecular weight is 270 g/mol. The van der Waals surface area contributed by atoms with E-state index in [1.807, 2.05) is 0 Å². The van der Waals surface area contributed by atoms with E-state index < -0.39 is 12.8 Å². The van der Waals surface area contributed by atoms with Gasteiger partial charge < -0.3 is 14.6 Å². The van der Waals surface area contributed by atoms with Crippen LogP contribution in [-0.2, 0) is 9.47 Å². The molecule has 0 amide bonds. The minimum absolute atomic E-state index is 0.0749.